The lowest BCUT2D eigenvalue weighted by Gasteiger charge is -2.13. The zero-order valence-electron chi connectivity index (χ0n) is 10.7. The first kappa shape index (κ1) is 16.3. The molecule has 0 aromatic heterocycles. The minimum absolute atomic E-state index is 0.0216. The van der Waals surface area contributed by atoms with Gasteiger partial charge in [0.15, 0.2) is 0 Å². The number of carboxylic acid groups (broad SMARTS) is 1. The van der Waals surface area contributed by atoms with Gasteiger partial charge in [-0.1, -0.05) is 6.07 Å². The van der Waals surface area contributed by atoms with Gasteiger partial charge >= 0.3 is 12.0 Å². The van der Waals surface area contributed by atoms with Gasteiger partial charge in [0.1, 0.15) is 17.7 Å². The number of halogens is 2. The van der Waals surface area contributed by atoms with Gasteiger partial charge in [-0.3, -0.25) is 4.79 Å². The van der Waals surface area contributed by atoms with Crippen molar-refractivity contribution < 1.29 is 28.3 Å². The molecule has 0 aliphatic rings. The van der Waals surface area contributed by atoms with Crippen LogP contribution >= 0.6 is 0 Å². The molecule has 0 unspecified atom stereocenters. The molecule has 0 bridgehead atoms. The Hall–Kier alpha value is -2.71. The Labute approximate surface area is 118 Å². The van der Waals surface area contributed by atoms with Crippen LogP contribution in [0.2, 0.25) is 0 Å². The lowest BCUT2D eigenvalue weighted by molar-refractivity contribution is -0.140. The lowest BCUT2D eigenvalue weighted by Crippen LogP contribution is -2.47. The Bertz CT molecular complexity index is 565. The lowest BCUT2D eigenvalue weighted by atomic mass is 10.2. The van der Waals surface area contributed by atoms with Crippen molar-refractivity contribution in [2.75, 3.05) is 0 Å². The summed E-state index contributed by atoms with van der Waals surface area (Å²) in [7, 11) is 0. The number of urea groups is 1. The van der Waals surface area contributed by atoms with Crippen LogP contribution in [0.1, 0.15) is 12.0 Å². The molecule has 21 heavy (non-hydrogen) atoms. The van der Waals surface area contributed by atoms with E-state index < -0.39 is 42.0 Å². The Kier molecular flexibility index (Phi) is 5.58. The van der Waals surface area contributed by atoms with Crippen LogP contribution in [0.4, 0.5) is 13.6 Å². The fourth-order valence-corrected chi connectivity index (χ4v) is 1.45. The van der Waals surface area contributed by atoms with E-state index in [1.165, 1.54) is 0 Å². The minimum Gasteiger partial charge on any atom is -0.480 e. The maximum Gasteiger partial charge on any atom is 0.326 e. The molecule has 0 fully saturated rings. The third-order valence-corrected chi connectivity index (χ3v) is 2.46. The maximum atomic E-state index is 13.3. The summed E-state index contributed by atoms with van der Waals surface area (Å²) in [5, 5.41) is 13.0. The molecule has 0 spiro atoms. The first-order chi connectivity index (χ1) is 9.79. The SMILES string of the molecule is NC(=O)C[C@H](NC(=O)NCc1ccc(F)cc1F)C(=O)O. The normalized spacial score (nSPS) is 11.5. The van der Waals surface area contributed by atoms with Crippen molar-refractivity contribution in [1.29, 1.82) is 0 Å². The van der Waals surface area contributed by atoms with E-state index in [1.54, 1.807) is 0 Å². The van der Waals surface area contributed by atoms with Crippen molar-refractivity contribution in [3.63, 3.8) is 0 Å². The van der Waals surface area contributed by atoms with E-state index >= 15 is 0 Å². The van der Waals surface area contributed by atoms with Crippen LogP contribution < -0.4 is 16.4 Å². The van der Waals surface area contributed by atoms with E-state index in [0.717, 1.165) is 12.1 Å². The topological polar surface area (TPSA) is 122 Å². The molecule has 0 saturated carbocycles. The van der Waals surface area contributed by atoms with Crippen LogP contribution in [0, 0.1) is 11.6 Å². The van der Waals surface area contributed by atoms with E-state index in [-0.39, 0.29) is 12.1 Å². The van der Waals surface area contributed by atoms with Gasteiger partial charge in [-0.15, -0.1) is 0 Å². The number of primary amides is 1. The number of hydrogen-bond acceptors (Lipinski definition) is 3. The molecule has 3 amide bonds. The number of hydrogen-bond donors (Lipinski definition) is 4. The molecule has 7 nitrogen and oxygen atoms in total. The third kappa shape index (κ3) is 5.43. The van der Waals surface area contributed by atoms with Crippen LogP contribution in [0.15, 0.2) is 18.2 Å². The number of carboxylic acids is 1. The zero-order chi connectivity index (χ0) is 16.0. The number of nitrogens with two attached hydrogens (primary N) is 1. The molecule has 1 rings (SSSR count). The highest BCUT2D eigenvalue weighted by Gasteiger charge is 2.22. The first-order valence-electron chi connectivity index (χ1n) is 5.79. The van der Waals surface area contributed by atoms with Crippen molar-refractivity contribution >= 4 is 17.9 Å². The summed E-state index contributed by atoms with van der Waals surface area (Å²) < 4.78 is 26.0. The predicted octanol–water partition coefficient (Wildman–Crippen LogP) is 0.0926. The number of aliphatic carboxylic acids is 1. The van der Waals surface area contributed by atoms with Gasteiger partial charge in [-0.25, -0.2) is 18.4 Å². The molecule has 1 aromatic rings. The fraction of sp³-hybridized carbons (Fsp3) is 0.250. The molecule has 0 radical (unpaired) electrons. The molecular weight excluding hydrogens is 288 g/mol. The molecule has 9 heteroatoms. The van der Waals surface area contributed by atoms with Crippen LogP contribution in [0.25, 0.3) is 0 Å². The number of nitrogens with one attached hydrogen (secondary N) is 2. The Morgan fingerprint density at radius 1 is 1.29 bits per heavy atom. The second kappa shape index (κ2) is 7.17. The quantitative estimate of drug-likeness (QED) is 0.595. The summed E-state index contributed by atoms with van der Waals surface area (Å²) in [5.41, 5.74) is 4.87. The molecular formula is C12H13F2N3O4. The average molecular weight is 301 g/mol. The second-order valence-corrected chi connectivity index (χ2v) is 4.12. The van der Waals surface area contributed by atoms with Gasteiger partial charge in [-0.05, 0) is 6.07 Å². The fourth-order valence-electron chi connectivity index (χ4n) is 1.45. The smallest absolute Gasteiger partial charge is 0.326 e. The molecule has 5 N–H and O–H groups in total. The monoisotopic (exact) mass is 301 g/mol. The highest BCUT2D eigenvalue weighted by Crippen LogP contribution is 2.08. The van der Waals surface area contributed by atoms with E-state index in [4.69, 9.17) is 10.8 Å². The third-order valence-electron chi connectivity index (χ3n) is 2.46. The van der Waals surface area contributed by atoms with Crippen molar-refractivity contribution in [1.82, 2.24) is 10.6 Å². The molecule has 114 valence electrons. The number of benzene rings is 1. The van der Waals surface area contributed by atoms with E-state index in [9.17, 15) is 23.2 Å². The van der Waals surface area contributed by atoms with Crippen LogP contribution in [0.5, 0.6) is 0 Å². The van der Waals surface area contributed by atoms with E-state index in [0.29, 0.717) is 6.07 Å². The van der Waals surface area contributed by atoms with Gasteiger partial charge in [0.2, 0.25) is 5.91 Å². The summed E-state index contributed by atoms with van der Waals surface area (Å²) in [6, 6.07) is 0.406. The number of carbonyl (C=O) groups excluding carboxylic acids is 2. The van der Waals surface area contributed by atoms with Gasteiger partial charge in [0.05, 0.1) is 6.42 Å². The molecule has 0 saturated heterocycles. The molecule has 1 aromatic carbocycles. The molecule has 0 heterocycles. The minimum atomic E-state index is -1.49. The highest BCUT2D eigenvalue weighted by molar-refractivity contribution is 5.87. The standard InChI is InChI=1S/C12H13F2N3O4/c13-7-2-1-6(8(14)3-7)5-16-12(21)17-9(11(19)20)4-10(15)18/h1-3,9H,4-5H2,(H2,15,18)(H,19,20)(H2,16,17,21)/t9-/m0/s1. The zero-order valence-corrected chi connectivity index (χ0v) is 10.7. The van der Waals surface area contributed by atoms with E-state index in [1.807, 2.05) is 5.32 Å². The summed E-state index contributed by atoms with van der Waals surface area (Å²) in [6.07, 6.45) is -0.576. The maximum absolute atomic E-state index is 13.3. The second-order valence-electron chi connectivity index (χ2n) is 4.12. The summed E-state index contributed by atoms with van der Waals surface area (Å²) in [5.74, 6) is -3.93. The highest BCUT2D eigenvalue weighted by atomic mass is 19.1. The van der Waals surface area contributed by atoms with Crippen molar-refractivity contribution in [2.24, 2.45) is 5.73 Å². The molecule has 0 aliphatic carbocycles. The predicted molar refractivity (Wildman–Crippen MR) is 67.0 cm³/mol. The van der Waals surface area contributed by atoms with Crippen molar-refractivity contribution in [3.05, 3.63) is 35.4 Å². The summed E-state index contributed by atoms with van der Waals surface area (Å²) >= 11 is 0. The number of carbonyl (C=O) groups is 3. The van der Waals surface area contributed by atoms with Gasteiger partial charge < -0.3 is 21.5 Å². The Morgan fingerprint density at radius 3 is 2.48 bits per heavy atom. The van der Waals surface area contributed by atoms with E-state index in [2.05, 4.69) is 5.32 Å². The summed E-state index contributed by atoms with van der Waals surface area (Å²) in [4.78, 5) is 32.9. The van der Waals surface area contributed by atoms with Crippen molar-refractivity contribution in [2.45, 2.75) is 19.0 Å². The number of amides is 3. The summed E-state index contributed by atoms with van der Waals surface area (Å²) in [6.45, 7) is -0.277. The van der Waals surface area contributed by atoms with Gasteiger partial charge in [0, 0.05) is 18.2 Å². The number of rotatable bonds is 6. The van der Waals surface area contributed by atoms with Crippen molar-refractivity contribution in [3.8, 4) is 0 Å². The molecule has 1 atom stereocenters. The Morgan fingerprint density at radius 2 is 1.95 bits per heavy atom. The van der Waals surface area contributed by atoms with Crippen LogP contribution in [-0.4, -0.2) is 29.1 Å². The first-order valence-corrected chi connectivity index (χ1v) is 5.79. The largest absolute Gasteiger partial charge is 0.480 e. The average Bonchev–Trinajstić information content (AvgIpc) is 2.36. The van der Waals surface area contributed by atoms with Crippen LogP contribution in [0.3, 0.4) is 0 Å². The van der Waals surface area contributed by atoms with Gasteiger partial charge in [-0.2, -0.15) is 0 Å². The molecule has 0 aliphatic heterocycles. The van der Waals surface area contributed by atoms with Crippen LogP contribution in [-0.2, 0) is 16.1 Å². The Balaban J connectivity index is 2.56. The van der Waals surface area contributed by atoms with Gasteiger partial charge in [0.25, 0.3) is 0 Å².